The molecular formula is C15H12O3. The molecule has 1 aliphatic rings. The van der Waals surface area contributed by atoms with E-state index in [0.29, 0.717) is 18.4 Å². The molecule has 3 heteroatoms. The van der Waals surface area contributed by atoms with Gasteiger partial charge in [-0.15, -0.1) is 0 Å². The molecule has 90 valence electrons. The summed E-state index contributed by atoms with van der Waals surface area (Å²) in [5, 5.41) is 11.0. The zero-order chi connectivity index (χ0) is 12.8. The van der Waals surface area contributed by atoms with Gasteiger partial charge < -0.3 is 5.11 Å². The molecule has 3 rings (SSSR count). The highest BCUT2D eigenvalue weighted by Gasteiger charge is 2.57. The third-order valence-corrected chi connectivity index (χ3v) is 3.63. The third-order valence-electron chi connectivity index (χ3n) is 3.63. The van der Waals surface area contributed by atoms with Crippen LogP contribution >= 0.6 is 0 Å². The predicted molar refractivity (Wildman–Crippen MR) is 67.6 cm³/mol. The van der Waals surface area contributed by atoms with Gasteiger partial charge in [-0.1, -0.05) is 42.5 Å². The Morgan fingerprint density at radius 1 is 1.00 bits per heavy atom. The molecule has 3 nitrogen and oxygen atoms in total. The van der Waals surface area contributed by atoms with E-state index in [-0.39, 0.29) is 5.78 Å². The van der Waals surface area contributed by atoms with Crippen LogP contribution in [-0.2, 0) is 4.79 Å². The van der Waals surface area contributed by atoms with Crippen molar-refractivity contribution in [2.75, 3.05) is 0 Å². The quantitative estimate of drug-likeness (QED) is 0.663. The lowest BCUT2D eigenvalue weighted by Gasteiger charge is -2.10. The standard InChI is InChI=1S/C15H12O3/c16-13(15(8-9-15)14(17)18)12-7-3-5-10-4-1-2-6-11(10)12/h1-7H,8-9H2,(H,17,18). The number of carboxylic acid groups (broad SMARTS) is 1. The van der Waals surface area contributed by atoms with E-state index in [9.17, 15) is 14.7 Å². The van der Waals surface area contributed by atoms with E-state index in [1.807, 2.05) is 30.3 Å². The topological polar surface area (TPSA) is 54.4 Å². The molecule has 0 spiro atoms. The molecule has 18 heavy (non-hydrogen) atoms. The maximum atomic E-state index is 12.4. The van der Waals surface area contributed by atoms with E-state index < -0.39 is 11.4 Å². The lowest BCUT2D eigenvalue weighted by atomic mass is 9.91. The Labute approximate surface area is 104 Å². The summed E-state index contributed by atoms with van der Waals surface area (Å²) in [4.78, 5) is 23.6. The molecule has 0 bridgehead atoms. The Morgan fingerprint density at radius 2 is 1.67 bits per heavy atom. The van der Waals surface area contributed by atoms with Crippen LogP contribution in [0.4, 0.5) is 0 Å². The largest absolute Gasteiger partial charge is 0.480 e. The number of rotatable bonds is 3. The van der Waals surface area contributed by atoms with Crippen molar-refractivity contribution < 1.29 is 14.7 Å². The van der Waals surface area contributed by atoms with Crippen molar-refractivity contribution in [3.05, 3.63) is 48.0 Å². The van der Waals surface area contributed by atoms with E-state index in [1.54, 1.807) is 12.1 Å². The fourth-order valence-corrected chi connectivity index (χ4v) is 2.34. The number of aliphatic carboxylic acids is 1. The Hall–Kier alpha value is -2.16. The first-order valence-corrected chi connectivity index (χ1v) is 5.91. The SMILES string of the molecule is O=C(O)C1(C(=O)c2cccc3ccccc23)CC1. The summed E-state index contributed by atoms with van der Waals surface area (Å²) in [6, 6.07) is 13.0. The van der Waals surface area contributed by atoms with Crippen LogP contribution in [0.15, 0.2) is 42.5 Å². The second kappa shape index (κ2) is 3.67. The highest BCUT2D eigenvalue weighted by Crippen LogP contribution is 2.49. The summed E-state index contributed by atoms with van der Waals surface area (Å²) < 4.78 is 0. The summed E-state index contributed by atoms with van der Waals surface area (Å²) in [7, 11) is 0. The zero-order valence-corrected chi connectivity index (χ0v) is 9.72. The molecule has 0 atom stereocenters. The van der Waals surface area contributed by atoms with E-state index in [4.69, 9.17) is 0 Å². The minimum Gasteiger partial charge on any atom is -0.480 e. The Bertz CT molecular complexity index is 648. The van der Waals surface area contributed by atoms with Crippen molar-refractivity contribution in [1.82, 2.24) is 0 Å². The van der Waals surface area contributed by atoms with Gasteiger partial charge in [0.25, 0.3) is 0 Å². The number of hydrogen-bond acceptors (Lipinski definition) is 2. The second-order valence-corrected chi connectivity index (χ2v) is 4.74. The van der Waals surface area contributed by atoms with Crippen LogP contribution in [0, 0.1) is 5.41 Å². The molecule has 0 aromatic heterocycles. The van der Waals surface area contributed by atoms with Crippen molar-refractivity contribution in [2.24, 2.45) is 5.41 Å². The van der Waals surface area contributed by atoms with Crippen LogP contribution in [0.1, 0.15) is 23.2 Å². The van der Waals surface area contributed by atoms with Crippen molar-refractivity contribution in [3.63, 3.8) is 0 Å². The van der Waals surface area contributed by atoms with Gasteiger partial charge in [-0.05, 0) is 23.6 Å². The fraction of sp³-hybridized carbons (Fsp3) is 0.200. The van der Waals surface area contributed by atoms with E-state index in [0.717, 1.165) is 10.8 Å². The number of fused-ring (bicyclic) bond motifs is 1. The van der Waals surface area contributed by atoms with Crippen molar-refractivity contribution in [2.45, 2.75) is 12.8 Å². The van der Waals surface area contributed by atoms with Gasteiger partial charge in [0.2, 0.25) is 0 Å². The highest BCUT2D eigenvalue weighted by molar-refractivity contribution is 6.19. The Morgan fingerprint density at radius 3 is 2.33 bits per heavy atom. The number of Topliss-reactive ketones (excluding diaryl/α,β-unsaturated/α-hetero) is 1. The average Bonchev–Trinajstić information content (AvgIpc) is 3.19. The fourth-order valence-electron chi connectivity index (χ4n) is 2.34. The van der Waals surface area contributed by atoms with Gasteiger partial charge in [0, 0.05) is 5.56 Å². The van der Waals surface area contributed by atoms with Gasteiger partial charge in [-0.2, -0.15) is 0 Å². The van der Waals surface area contributed by atoms with E-state index in [1.165, 1.54) is 0 Å². The Balaban J connectivity index is 2.16. The second-order valence-electron chi connectivity index (χ2n) is 4.74. The molecule has 0 heterocycles. The number of benzene rings is 2. The lowest BCUT2D eigenvalue weighted by molar-refractivity contribution is -0.141. The molecule has 0 saturated heterocycles. The minimum atomic E-state index is -1.16. The van der Waals surface area contributed by atoms with Crippen molar-refractivity contribution in [1.29, 1.82) is 0 Å². The maximum absolute atomic E-state index is 12.4. The van der Waals surface area contributed by atoms with Gasteiger partial charge in [0.1, 0.15) is 5.41 Å². The number of carbonyl (C=O) groups is 2. The number of carboxylic acids is 1. The molecular weight excluding hydrogens is 228 g/mol. The summed E-state index contributed by atoms with van der Waals surface area (Å²) in [6.45, 7) is 0. The molecule has 2 aromatic carbocycles. The summed E-state index contributed by atoms with van der Waals surface area (Å²) in [6.07, 6.45) is 0.898. The minimum absolute atomic E-state index is 0.258. The van der Waals surface area contributed by atoms with Gasteiger partial charge in [0.15, 0.2) is 5.78 Å². The smallest absolute Gasteiger partial charge is 0.317 e. The first kappa shape index (κ1) is 11.0. The average molecular weight is 240 g/mol. The van der Waals surface area contributed by atoms with Crippen LogP contribution < -0.4 is 0 Å². The van der Waals surface area contributed by atoms with Gasteiger partial charge >= 0.3 is 5.97 Å². The van der Waals surface area contributed by atoms with Crippen LogP contribution in [0.25, 0.3) is 10.8 Å². The number of carbonyl (C=O) groups excluding carboxylic acids is 1. The van der Waals surface area contributed by atoms with Crippen LogP contribution in [0.3, 0.4) is 0 Å². The highest BCUT2D eigenvalue weighted by atomic mass is 16.4. The zero-order valence-electron chi connectivity index (χ0n) is 9.72. The van der Waals surface area contributed by atoms with Gasteiger partial charge in [-0.25, -0.2) is 0 Å². The van der Waals surface area contributed by atoms with E-state index in [2.05, 4.69) is 0 Å². The van der Waals surface area contributed by atoms with Crippen molar-refractivity contribution >= 4 is 22.5 Å². The summed E-state index contributed by atoms with van der Waals surface area (Å²) in [5.41, 5.74) is -0.641. The molecule has 2 aromatic rings. The molecule has 1 fully saturated rings. The number of ketones is 1. The van der Waals surface area contributed by atoms with E-state index >= 15 is 0 Å². The summed E-state index contributed by atoms with van der Waals surface area (Å²) in [5.74, 6) is -1.26. The first-order valence-electron chi connectivity index (χ1n) is 5.91. The van der Waals surface area contributed by atoms with Crippen LogP contribution in [0.5, 0.6) is 0 Å². The molecule has 0 amide bonds. The van der Waals surface area contributed by atoms with Crippen LogP contribution in [0.2, 0.25) is 0 Å². The molecule has 1 aliphatic carbocycles. The van der Waals surface area contributed by atoms with Gasteiger partial charge in [0.05, 0.1) is 0 Å². The van der Waals surface area contributed by atoms with Crippen LogP contribution in [-0.4, -0.2) is 16.9 Å². The summed E-state index contributed by atoms with van der Waals surface area (Å²) >= 11 is 0. The molecule has 1 saturated carbocycles. The van der Waals surface area contributed by atoms with Gasteiger partial charge in [-0.3, -0.25) is 9.59 Å². The maximum Gasteiger partial charge on any atom is 0.317 e. The molecule has 0 aliphatic heterocycles. The molecule has 0 unspecified atom stereocenters. The monoisotopic (exact) mass is 240 g/mol. The third kappa shape index (κ3) is 1.44. The Kier molecular flexibility index (Phi) is 2.23. The normalized spacial score (nSPS) is 16.4. The predicted octanol–water partition coefficient (Wildman–Crippen LogP) is 2.89. The lowest BCUT2D eigenvalue weighted by Crippen LogP contribution is -2.25. The first-order chi connectivity index (χ1) is 8.65. The number of hydrogen-bond donors (Lipinski definition) is 1. The van der Waals surface area contributed by atoms with Crippen molar-refractivity contribution in [3.8, 4) is 0 Å². The molecule has 1 N–H and O–H groups in total. The molecule has 0 radical (unpaired) electrons.